The molecule has 4 rings (SSSR count). The first-order valence-electron chi connectivity index (χ1n) is 9.66. The van der Waals surface area contributed by atoms with Crippen LogP contribution in [-0.4, -0.2) is 37.3 Å². The summed E-state index contributed by atoms with van der Waals surface area (Å²) >= 11 is 0. The molecule has 2 aliphatic rings. The quantitative estimate of drug-likeness (QED) is 0.499. The number of benzene rings is 2. The van der Waals surface area contributed by atoms with Crippen molar-refractivity contribution in [2.24, 2.45) is 11.8 Å². The molecule has 9 nitrogen and oxygen atoms in total. The molecule has 156 valence electrons. The minimum atomic E-state index is -0.788. The van der Waals surface area contributed by atoms with Gasteiger partial charge in [0.2, 0.25) is 17.7 Å². The molecule has 2 fully saturated rings. The van der Waals surface area contributed by atoms with Gasteiger partial charge >= 0.3 is 0 Å². The number of methoxy groups -OCH3 is 1. The Morgan fingerprint density at radius 3 is 2.53 bits per heavy atom. The molecule has 3 amide bonds. The van der Waals surface area contributed by atoms with Crippen LogP contribution in [0.4, 0.5) is 11.4 Å². The van der Waals surface area contributed by atoms with Crippen molar-refractivity contribution >= 4 is 29.1 Å². The maximum absolute atomic E-state index is 12.9. The summed E-state index contributed by atoms with van der Waals surface area (Å²) in [5.74, 6) is -1.88. The highest BCUT2D eigenvalue weighted by Crippen LogP contribution is 2.29. The second-order valence-electron chi connectivity index (χ2n) is 7.19. The first-order chi connectivity index (χ1) is 14.5. The molecule has 0 aromatic heterocycles. The van der Waals surface area contributed by atoms with Crippen LogP contribution < -0.4 is 31.3 Å². The highest BCUT2D eigenvalue weighted by atomic mass is 16.5. The smallest absolute Gasteiger partial charge is 0.229 e. The Labute approximate surface area is 173 Å². The minimum absolute atomic E-state index is 0.0560. The summed E-state index contributed by atoms with van der Waals surface area (Å²) in [6, 6.07) is 16.2. The number of carbonyl (C=O) groups excluding carboxylic acids is 3. The van der Waals surface area contributed by atoms with E-state index < -0.39 is 24.3 Å². The van der Waals surface area contributed by atoms with Crippen LogP contribution in [0.2, 0.25) is 0 Å². The predicted octanol–water partition coefficient (Wildman–Crippen LogP) is 0.827. The van der Waals surface area contributed by atoms with Crippen molar-refractivity contribution in [3.63, 3.8) is 0 Å². The molecule has 2 aliphatic heterocycles. The Balaban J connectivity index is 1.49. The molecular weight excluding hydrogens is 386 g/mol. The lowest BCUT2D eigenvalue weighted by atomic mass is 9.81. The fraction of sp³-hybridized carbons (Fsp3) is 0.286. The molecule has 30 heavy (non-hydrogen) atoms. The summed E-state index contributed by atoms with van der Waals surface area (Å²) in [4.78, 5) is 38.0. The standard InChI is InChI=1S/C21H23N5O4/c1-30-15-10-6-5-9-14(15)23-21-25-18-17(20(29)26-21)13(11-16(27)24-18)19(28)22-12-7-3-2-4-8-12/h2-10,13,17-18,21,23,25H,11H2,1H3,(H,22,28)(H,24,27)(H,26,29). The van der Waals surface area contributed by atoms with E-state index >= 15 is 0 Å². The topological polar surface area (TPSA) is 121 Å². The first-order valence-corrected chi connectivity index (χ1v) is 9.66. The van der Waals surface area contributed by atoms with Crippen LogP contribution in [0.25, 0.3) is 0 Å². The minimum Gasteiger partial charge on any atom is -0.495 e. The van der Waals surface area contributed by atoms with E-state index in [4.69, 9.17) is 4.74 Å². The lowest BCUT2D eigenvalue weighted by molar-refractivity contribution is -0.144. The van der Waals surface area contributed by atoms with Gasteiger partial charge in [0, 0.05) is 12.1 Å². The summed E-state index contributed by atoms with van der Waals surface area (Å²) in [7, 11) is 1.56. The fourth-order valence-corrected chi connectivity index (χ4v) is 3.83. The Bertz CT molecular complexity index is 951. The van der Waals surface area contributed by atoms with Crippen LogP contribution in [0, 0.1) is 11.8 Å². The lowest BCUT2D eigenvalue weighted by Crippen LogP contribution is -2.72. The van der Waals surface area contributed by atoms with E-state index in [2.05, 4.69) is 26.6 Å². The Kier molecular flexibility index (Phi) is 5.53. The Morgan fingerprint density at radius 1 is 1.03 bits per heavy atom. The van der Waals surface area contributed by atoms with Gasteiger partial charge in [0.25, 0.3) is 0 Å². The van der Waals surface area contributed by atoms with Crippen molar-refractivity contribution in [2.75, 3.05) is 17.7 Å². The zero-order valence-corrected chi connectivity index (χ0v) is 16.3. The van der Waals surface area contributed by atoms with Gasteiger partial charge in [0.05, 0.1) is 30.8 Å². The van der Waals surface area contributed by atoms with Crippen molar-refractivity contribution < 1.29 is 19.1 Å². The average molecular weight is 409 g/mol. The maximum Gasteiger partial charge on any atom is 0.229 e. The third kappa shape index (κ3) is 4.06. The number of fused-ring (bicyclic) bond motifs is 1. The molecule has 9 heteroatoms. The summed E-state index contributed by atoms with van der Waals surface area (Å²) in [5.41, 5.74) is 1.29. The van der Waals surface area contributed by atoms with E-state index in [9.17, 15) is 14.4 Å². The predicted molar refractivity (Wildman–Crippen MR) is 110 cm³/mol. The average Bonchev–Trinajstić information content (AvgIpc) is 2.74. The number of rotatable bonds is 5. The molecule has 0 saturated carbocycles. The van der Waals surface area contributed by atoms with Gasteiger partial charge in [-0.25, -0.2) is 0 Å². The number of piperidine rings is 1. The van der Waals surface area contributed by atoms with E-state index in [0.717, 1.165) is 0 Å². The molecule has 0 aliphatic carbocycles. The number of para-hydroxylation sites is 3. The van der Waals surface area contributed by atoms with E-state index in [1.807, 2.05) is 24.3 Å². The molecule has 0 spiro atoms. The lowest BCUT2D eigenvalue weighted by Gasteiger charge is -2.43. The molecule has 4 unspecified atom stereocenters. The van der Waals surface area contributed by atoms with E-state index in [1.54, 1.807) is 37.4 Å². The van der Waals surface area contributed by atoms with Crippen molar-refractivity contribution in [1.29, 1.82) is 0 Å². The second-order valence-corrected chi connectivity index (χ2v) is 7.19. The van der Waals surface area contributed by atoms with E-state index in [-0.39, 0.29) is 24.1 Å². The second kappa shape index (κ2) is 8.42. The molecule has 5 N–H and O–H groups in total. The van der Waals surface area contributed by atoms with Crippen molar-refractivity contribution in [1.82, 2.24) is 16.0 Å². The third-order valence-electron chi connectivity index (χ3n) is 5.23. The van der Waals surface area contributed by atoms with Gasteiger partial charge in [-0.1, -0.05) is 30.3 Å². The number of ether oxygens (including phenoxy) is 1. The maximum atomic E-state index is 12.9. The van der Waals surface area contributed by atoms with Gasteiger partial charge in [-0.2, -0.15) is 0 Å². The van der Waals surface area contributed by atoms with Crippen LogP contribution in [-0.2, 0) is 14.4 Å². The molecule has 4 atom stereocenters. The summed E-state index contributed by atoms with van der Waals surface area (Å²) in [6.45, 7) is 0. The van der Waals surface area contributed by atoms with Gasteiger partial charge in [-0.3, -0.25) is 19.7 Å². The first kappa shape index (κ1) is 19.7. The number of hydrogen-bond acceptors (Lipinski definition) is 6. The van der Waals surface area contributed by atoms with Crippen molar-refractivity contribution in [3.05, 3.63) is 54.6 Å². The molecule has 2 aromatic carbocycles. The number of anilines is 2. The number of nitrogens with one attached hydrogen (secondary N) is 5. The Hall–Kier alpha value is -3.59. The van der Waals surface area contributed by atoms with Crippen molar-refractivity contribution in [3.8, 4) is 5.75 Å². The van der Waals surface area contributed by atoms with Crippen molar-refractivity contribution in [2.45, 2.75) is 18.9 Å². The van der Waals surface area contributed by atoms with Crippen LogP contribution in [0.1, 0.15) is 6.42 Å². The Morgan fingerprint density at radius 2 is 1.77 bits per heavy atom. The monoisotopic (exact) mass is 409 g/mol. The SMILES string of the molecule is COc1ccccc1NC1NC(=O)C2C(NC(=O)CC2C(=O)Nc2ccccc2)N1. The van der Waals surface area contributed by atoms with Gasteiger partial charge < -0.3 is 26.0 Å². The number of hydrogen-bond donors (Lipinski definition) is 5. The van der Waals surface area contributed by atoms with Crippen LogP contribution in [0.5, 0.6) is 5.75 Å². The zero-order chi connectivity index (χ0) is 21.1. The largest absolute Gasteiger partial charge is 0.495 e. The highest BCUT2D eigenvalue weighted by Gasteiger charge is 2.48. The molecule has 2 saturated heterocycles. The summed E-state index contributed by atoms with van der Waals surface area (Å²) in [5, 5.41) is 14.7. The summed E-state index contributed by atoms with van der Waals surface area (Å²) in [6.07, 6.45) is -1.38. The molecule has 0 bridgehead atoms. The van der Waals surface area contributed by atoms with Crippen LogP contribution in [0.3, 0.4) is 0 Å². The van der Waals surface area contributed by atoms with Gasteiger partial charge in [0.1, 0.15) is 5.75 Å². The highest BCUT2D eigenvalue weighted by molar-refractivity contribution is 6.00. The van der Waals surface area contributed by atoms with E-state index in [0.29, 0.717) is 17.1 Å². The molecular formula is C21H23N5O4. The zero-order valence-electron chi connectivity index (χ0n) is 16.3. The van der Waals surface area contributed by atoms with Gasteiger partial charge in [0.15, 0.2) is 6.29 Å². The third-order valence-corrected chi connectivity index (χ3v) is 5.23. The number of carbonyl (C=O) groups is 3. The summed E-state index contributed by atoms with van der Waals surface area (Å²) < 4.78 is 5.32. The number of amides is 3. The normalized spacial score (nSPS) is 25.4. The van der Waals surface area contributed by atoms with E-state index in [1.165, 1.54) is 0 Å². The van der Waals surface area contributed by atoms with Gasteiger partial charge in [-0.05, 0) is 24.3 Å². The molecule has 2 aromatic rings. The van der Waals surface area contributed by atoms with Gasteiger partial charge in [-0.15, -0.1) is 0 Å². The fourth-order valence-electron chi connectivity index (χ4n) is 3.83. The van der Waals surface area contributed by atoms with Crippen LogP contribution >= 0.6 is 0 Å². The van der Waals surface area contributed by atoms with Crippen LogP contribution in [0.15, 0.2) is 54.6 Å². The molecule has 0 radical (unpaired) electrons. The molecule has 2 heterocycles.